The number of carbonyl (C=O) groups is 1. The van der Waals surface area contributed by atoms with E-state index in [2.05, 4.69) is 5.10 Å². The highest BCUT2D eigenvalue weighted by atomic mass is 16.1. The fraction of sp³-hybridized carbons (Fsp3) is 0.667. The SMILES string of the molecule is CC(C)CC(=O)c1ccnn(C2CCCCC2)c1=O. The number of ketones is 1. The van der Waals surface area contributed by atoms with Crippen LogP contribution in [0, 0.1) is 5.92 Å². The molecule has 4 nitrogen and oxygen atoms in total. The third-order valence-corrected chi connectivity index (χ3v) is 3.69. The van der Waals surface area contributed by atoms with Gasteiger partial charge in [0.05, 0.1) is 11.6 Å². The van der Waals surface area contributed by atoms with E-state index in [0.29, 0.717) is 12.0 Å². The largest absolute Gasteiger partial charge is 0.294 e. The highest BCUT2D eigenvalue weighted by Crippen LogP contribution is 2.26. The first-order chi connectivity index (χ1) is 9.09. The maximum absolute atomic E-state index is 12.4. The number of hydrogen-bond acceptors (Lipinski definition) is 3. The molecule has 0 unspecified atom stereocenters. The molecule has 1 heterocycles. The molecule has 1 saturated carbocycles. The van der Waals surface area contributed by atoms with Gasteiger partial charge in [-0.05, 0) is 24.8 Å². The van der Waals surface area contributed by atoms with Crippen LogP contribution in [0.1, 0.15) is 68.8 Å². The third kappa shape index (κ3) is 3.31. The van der Waals surface area contributed by atoms with Gasteiger partial charge in [0.2, 0.25) is 0 Å². The lowest BCUT2D eigenvalue weighted by Gasteiger charge is -2.22. The lowest BCUT2D eigenvalue weighted by molar-refractivity contribution is 0.0964. The molecule has 0 N–H and O–H groups in total. The highest BCUT2D eigenvalue weighted by molar-refractivity contribution is 5.95. The monoisotopic (exact) mass is 262 g/mol. The Labute approximate surface area is 113 Å². The number of Topliss-reactive ketones (excluding diaryl/α,β-unsaturated/α-hetero) is 1. The van der Waals surface area contributed by atoms with Crippen LogP contribution in [0.5, 0.6) is 0 Å². The van der Waals surface area contributed by atoms with Gasteiger partial charge in [-0.2, -0.15) is 5.10 Å². The Morgan fingerprint density at radius 1 is 1.37 bits per heavy atom. The van der Waals surface area contributed by atoms with Crippen molar-refractivity contribution >= 4 is 5.78 Å². The topological polar surface area (TPSA) is 52.0 Å². The standard InChI is InChI=1S/C15H22N2O2/c1-11(2)10-14(18)13-8-9-16-17(15(13)19)12-6-4-3-5-7-12/h8-9,11-12H,3-7,10H2,1-2H3. The molecule has 4 heteroatoms. The van der Waals surface area contributed by atoms with Gasteiger partial charge in [-0.25, -0.2) is 4.68 Å². The minimum atomic E-state index is -0.208. The second kappa shape index (κ2) is 6.13. The average Bonchev–Trinajstić information content (AvgIpc) is 2.39. The average molecular weight is 262 g/mol. The summed E-state index contributed by atoms with van der Waals surface area (Å²) in [6, 6.07) is 1.74. The predicted octanol–water partition coefficient (Wildman–Crippen LogP) is 2.98. The minimum Gasteiger partial charge on any atom is -0.294 e. The summed E-state index contributed by atoms with van der Waals surface area (Å²) in [6.45, 7) is 3.97. The summed E-state index contributed by atoms with van der Waals surface area (Å²) in [5.41, 5.74) is 0.0920. The van der Waals surface area contributed by atoms with E-state index in [1.54, 1.807) is 12.3 Å². The fourth-order valence-electron chi connectivity index (χ4n) is 2.71. The van der Waals surface area contributed by atoms with Crippen molar-refractivity contribution in [2.24, 2.45) is 5.92 Å². The van der Waals surface area contributed by atoms with Crippen LogP contribution in [-0.2, 0) is 0 Å². The number of aromatic nitrogens is 2. The molecule has 0 aromatic carbocycles. The molecule has 0 spiro atoms. The predicted molar refractivity (Wildman–Crippen MR) is 74.4 cm³/mol. The zero-order valence-corrected chi connectivity index (χ0v) is 11.8. The number of nitrogens with zero attached hydrogens (tertiary/aromatic N) is 2. The highest BCUT2D eigenvalue weighted by Gasteiger charge is 2.20. The molecule has 19 heavy (non-hydrogen) atoms. The number of carbonyl (C=O) groups excluding carboxylic acids is 1. The van der Waals surface area contributed by atoms with E-state index in [-0.39, 0.29) is 23.3 Å². The first-order valence-electron chi connectivity index (χ1n) is 7.20. The van der Waals surface area contributed by atoms with Crippen molar-refractivity contribution in [3.8, 4) is 0 Å². The Morgan fingerprint density at radius 3 is 2.68 bits per heavy atom. The van der Waals surface area contributed by atoms with E-state index in [0.717, 1.165) is 25.7 Å². The minimum absolute atomic E-state index is 0.0630. The van der Waals surface area contributed by atoms with Crippen molar-refractivity contribution < 1.29 is 4.79 Å². The van der Waals surface area contributed by atoms with E-state index in [1.807, 2.05) is 13.8 Å². The summed E-state index contributed by atoms with van der Waals surface area (Å²) in [5, 5.41) is 4.18. The molecule has 0 amide bonds. The molecule has 0 saturated heterocycles. The zero-order chi connectivity index (χ0) is 13.8. The molecule has 1 aromatic rings. The summed E-state index contributed by atoms with van der Waals surface area (Å²) in [4.78, 5) is 24.4. The molecule has 0 aliphatic heterocycles. The lowest BCUT2D eigenvalue weighted by Crippen LogP contribution is -2.32. The first kappa shape index (κ1) is 14.0. The van der Waals surface area contributed by atoms with Gasteiger partial charge in [0.25, 0.3) is 5.56 Å². The Balaban J connectivity index is 2.27. The van der Waals surface area contributed by atoms with Gasteiger partial charge in [-0.1, -0.05) is 33.1 Å². The summed E-state index contributed by atoms with van der Waals surface area (Å²) < 4.78 is 1.53. The lowest BCUT2D eigenvalue weighted by atomic mass is 9.95. The number of rotatable bonds is 4. The van der Waals surface area contributed by atoms with E-state index in [9.17, 15) is 9.59 Å². The molecule has 1 aliphatic rings. The molecule has 0 bridgehead atoms. The summed E-state index contributed by atoms with van der Waals surface area (Å²) in [5.74, 6) is 0.204. The Hall–Kier alpha value is -1.45. The molecule has 1 aliphatic carbocycles. The van der Waals surface area contributed by atoms with Crippen molar-refractivity contribution in [1.29, 1.82) is 0 Å². The van der Waals surface area contributed by atoms with E-state index in [1.165, 1.54) is 11.1 Å². The Morgan fingerprint density at radius 2 is 2.05 bits per heavy atom. The van der Waals surface area contributed by atoms with Crippen LogP contribution >= 0.6 is 0 Å². The van der Waals surface area contributed by atoms with Crippen LogP contribution in [0.25, 0.3) is 0 Å². The molecule has 0 radical (unpaired) electrons. The zero-order valence-electron chi connectivity index (χ0n) is 11.8. The van der Waals surface area contributed by atoms with Crippen molar-refractivity contribution in [3.05, 3.63) is 28.2 Å². The van der Waals surface area contributed by atoms with Gasteiger partial charge in [-0.15, -0.1) is 0 Å². The quantitative estimate of drug-likeness (QED) is 0.784. The third-order valence-electron chi connectivity index (χ3n) is 3.69. The van der Waals surface area contributed by atoms with Crippen LogP contribution in [0.3, 0.4) is 0 Å². The van der Waals surface area contributed by atoms with E-state index in [4.69, 9.17) is 0 Å². The smallest absolute Gasteiger partial charge is 0.277 e. The molecule has 104 valence electrons. The van der Waals surface area contributed by atoms with E-state index >= 15 is 0 Å². The van der Waals surface area contributed by atoms with Gasteiger partial charge < -0.3 is 0 Å². The van der Waals surface area contributed by atoms with Gasteiger partial charge in [0.1, 0.15) is 0 Å². The summed E-state index contributed by atoms with van der Waals surface area (Å²) >= 11 is 0. The molecule has 1 fully saturated rings. The van der Waals surface area contributed by atoms with Gasteiger partial charge in [0, 0.05) is 12.6 Å². The molecule has 1 aromatic heterocycles. The van der Waals surface area contributed by atoms with Gasteiger partial charge in [-0.3, -0.25) is 9.59 Å². The molecular formula is C15H22N2O2. The Kier molecular flexibility index (Phi) is 4.51. The van der Waals surface area contributed by atoms with Crippen molar-refractivity contribution in [2.75, 3.05) is 0 Å². The Bertz CT molecular complexity index is 499. The van der Waals surface area contributed by atoms with E-state index < -0.39 is 0 Å². The fourth-order valence-corrected chi connectivity index (χ4v) is 2.71. The molecule has 0 atom stereocenters. The van der Waals surface area contributed by atoms with Gasteiger partial charge in [0.15, 0.2) is 5.78 Å². The summed E-state index contributed by atoms with van der Waals surface area (Å²) in [6.07, 6.45) is 7.51. The second-order valence-corrected chi connectivity index (χ2v) is 5.81. The number of hydrogen-bond donors (Lipinski definition) is 0. The maximum Gasteiger partial charge on any atom is 0.277 e. The first-order valence-corrected chi connectivity index (χ1v) is 7.20. The molecule has 2 rings (SSSR count). The van der Waals surface area contributed by atoms with Crippen molar-refractivity contribution in [2.45, 2.75) is 58.4 Å². The van der Waals surface area contributed by atoms with Crippen LogP contribution < -0.4 is 5.56 Å². The van der Waals surface area contributed by atoms with Crippen molar-refractivity contribution in [1.82, 2.24) is 9.78 Å². The molecular weight excluding hydrogens is 240 g/mol. The van der Waals surface area contributed by atoms with Crippen LogP contribution in [0.15, 0.2) is 17.1 Å². The van der Waals surface area contributed by atoms with Gasteiger partial charge >= 0.3 is 0 Å². The summed E-state index contributed by atoms with van der Waals surface area (Å²) in [7, 11) is 0. The van der Waals surface area contributed by atoms with Crippen LogP contribution in [0.4, 0.5) is 0 Å². The van der Waals surface area contributed by atoms with Crippen LogP contribution in [0.2, 0.25) is 0 Å². The normalized spacial score (nSPS) is 16.8. The van der Waals surface area contributed by atoms with Crippen LogP contribution in [-0.4, -0.2) is 15.6 Å². The maximum atomic E-state index is 12.4. The van der Waals surface area contributed by atoms with Crippen molar-refractivity contribution in [3.63, 3.8) is 0 Å². The second-order valence-electron chi connectivity index (χ2n) is 5.81.